The van der Waals surface area contributed by atoms with Crippen LogP contribution in [0.3, 0.4) is 0 Å². The van der Waals surface area contributed by atoms with Crippen molar-refractivity contribution in [3.8, 4) is 11.4 Å². The zero-order valence-electron chi connectivity index (χ0n) is 15.5. The summed E-state index contributed by atoms with van der Waals surface area (Å²) in [7, 11) is 0. The molecule has 8 nitrogen and oxygen atoms in total. The molecule has 4 aromatic rings. The van der Waals surface area contributed by atoms with E-state index >= 15 is 0 Å². The fraction of sp³-hybridized carbons (Fsp3) is 0.200. The number of hydrogen-bond acceptors (Lipinski definition) is 5. The molecule has 0 radical (unpaired) electrons. The minimum absolute atomic E-state index is 0.223. The Kier molecular flexibility index (Phi) is 3.92. The molecule has 29 heavy (non-hydrogen) atoms. The van der Waals surface area contributed by atoms with Crippen LogP contribution in [0.25, 0.3) is 11.4 Å². The third kappa shape index (κ3) is 2.78. The van der Waals surface area contributed by atoms with Crippen LogP contribution in [0.5, 0.6) is 0 Å². The lowest BCUT2D eigenvalue weighted by Crippen LogP contribution is -2.32. The lowest BCUT2D eigenvalue weighted by molar-refractivity contribution is 0.222. The Morgan fingerprint density at radius 1 is 1.10 bits per heavy atom. The average molecular weight is 392 g/mol. The molecule has 1 saturated heterocycles. The van der Waals surface area contributed by atoms with Crippen molar-refractivity contribution >= 4 is 0 Å². The first-order chi connectivity index (χ1) is 14.1. The molecule has 0 N–H and O–H groups in total. The van der Waals surface area contributed by atoms with Gasteiger partial charge < -0.3 is 4.74 Å². The topological polar surface area (TPSA) is 83.1 Å². The Balaban J connectivity index is 1.47. The Morgan fingerprint density at radius 3 is 2.48 bits per heavy atom. The minimum Gasteiger partial charge on any atom is -0.362 e. The number of aromatic nitrogens is 6. The zero-order chi connectivity index (χ0) is 20.0. The molecule has 0 amide bonds. The number of rotatable bonds is 5. The molecule has 146 valence electrons. The van der Waals surface area contributed by atoms with E-state index < -0.39 is 5.60 Å². The van der Waals surface area contributed by atoms with Crippen molar-refractivity contribution in [1.82, 2.24) is 29.3 Å². The second kappa shape index (κ2) is 6.49. The largest absolute Gasteiger partial charge is 0.362 e. The molecule has 0 spiro atoms. The van der Waals surface area contributed by atoms with E-state index in [1.807, 2.05) is 31.2 Å². The molecule has 0 saturated carbocycles. The summed E-state index contributed by atoms with van der Waals surface area (Å²) >= 11 is 0. The summed E-state index contributed by atoms with van der Waals surface area (Å²) in [4.78, 5) is 13.1. The van der Waals surface area contributed by atoms with Gasteiger partial charge in [0.15, 0.2) is 0 Å². The third-order valence-corrected chi connectivity index (χ3v) is 5.42. The first-order valence-corrected chi connectivity index (χ1v) is 9.12. The summed E-state index contributed by atoms with van der Waals surface area (Å²) in [5.41, 5.74) is 0.904. The predicted molar refractivity (Wildman–Crippen MR) is 101 cm³/mol. The summed E-state index contributed by atoms with van der Waals surface area (Å²) in [5.74, 6) is -0.331. The molecule has 0 aliphatic carbocycles. The van der Waals surface area contributed by atoms with Crippen molar-refractivity contribution < 1.29 is 9.13 Å². The van der Waals surface area contributed by atoms with Gasteiger partial charge in [-0.3, -0.25) is 9.13 Å². The van der Waals surface area contributed by atoms with Gasteiger partial charge in [-0.25, -0.2) is 13.9 Å². The second-order valence-electron chi connectivity index (χ2n) is 6.96. The molecule has 5 rings (SSSR count). The van der Waals surface area contributed by atoms with Gasteiger partial charge in [-0.15, -0.1) is 5.10 Å². The minimum atomic E-state index is -0.828. The molecule has 1 aliphatic rings. The summed E-state index contributed by atoms with van der Waals surface area (Å²) in [6.45, 7) is 2.24. The molecule has 1 aliphatic heterocycles. The molecule has 2 aromatic carbocycles. The van der Waals surface area contributed by atoms with E-state index in [0.717, 1.165) is 5.69 Å². The van der Waals surface area contributed by atoms with Crippen LogP contribution in [0.1, 0.15) is 18.5 Å². The van der Waals surface area contributed by atoms with Gasteiger partial charge in [-0.1, -0.05) is 18.2 Å². The van der Waals surface area contributed by atoms with Gasteiger partial charge in [0, 0.05) is 18.0 Å². The van der Waals surface area contributed by atoms with Crippen LogP contribution >= 0.6 is 0 Å². The number of nitrogens with zero attached hydrogens (tertiary/aromatic N) is 6. The molecule has 1 fully saturated rings. The number of halogens is 1. The zero-order valence-corrected chi connectivity index (χ0v) is 15.5. The molecule has 3 heterocycles. The SMILES string of the molecule is C[C@@H](n1ccn(-c2ccc(-n3cnnn3)cc2)c1=O)[C@]1(c2ccccc2F)CO1. The van der Waals surface area contributed by atoms with Crippen molar-refractivity contribution in [1.29, 1.82) is 0 Å². The summed E-state index contributed by atoms with van der Waals surface area (Å²) < 4.78 is 24.7. The molecule has 0 bridgehead atoms. The lowest BCUT2D eigenvalue weighted by Gasteiger charge is -2.21. The number of imidazole rings is 1. The smallest absolute Gasteiger partial charge is 0.333 e. The molecule has 9 heteroatoms. The van der Waals surface area contributed by atoms with Crippen LogP contribution in [-0.4, -0.2) is 35.9 Å². The van der Waals surface area contributed by atoms with Gasteiger partial charge in [0.2, 0.25) is 0 Å². The van der Waals surface area contributed by atoms with Gasteiger partial charge >= 0.3 is 5.69 Å². The highest BCUT2D eigenvalue weighted by molar-refractivity contribution is 5.41. The van der Waals surface area contributed by atoms with Gasteiger partial charge in [-0.2, -0.15) is 0 Å². The maximum atomic E-state index is 14.3. The number of ether oxygens (including phenoxy) is 1. The highest BCUT2D eigenvalue weighted by Crippen LogP contribution is 2.48. The maximum Gasteiger partial charge on any atom is 0.333 e. The molecule has 2 atom stereocenters. The quantitative estimate of drug-likeness (QED) is 0.487. The van der Waals surface area contributed by atoms with Gasteiger partial charge in [-0.05, 0) is 47.7 Å². The van der Waals surface area contributed by atoms with Crippen molar-refractivity contribution in [2.75, 3.05) is 6.61 Å². The van der Waals surface area contributed by atoms with Gasteiger partial charge in [0.1, 0.15) is 17.7 Å². The summed E-state index contributed by atoms with van der Waals surface area (Å²) in [6, 6.07) is 13.4. The number of hydrogen-bond donors (Lipinski definition) is 0. The Hall–Kier alpha value is -3.59. The van der Waals surface area contributed by atoms with Gasteiger partial charge in [0.05, 0.1) is 24.0 Å². The van der Waals surface area contributed by atoms with Crippen LogP contribution in [0, 0.1) is 5.82 Å². The fourth-order valence-electron chi connectivity index (χ4n) is 3.66. The number of benzene rings is 2. The highest BCUT2D eigenvalue weighted by Gasteiger charge is 2.54. The van der Waals surface area contributed by atoms with Crippen LogP contribution in [0.4, 0.5) is 4.39 Å². The summed E-state index contributed by atoms with van der Waals surface area (Å²) in [5, 5.41) is 11.1. The van der Waals surface area contributed by atoms with E-state index in [9.17, 15) is 9.18 Å². The van der Waals surface area contributed by atoms with Crippen molar-refractivity contribution in [3.63, 3.8) is 0 Å². The van der Waals surface area contributed by atoms with Crippen LogP contribution in [0.2, 0.25) is 0 Å². The first-order valence-electron chi connectivity index (χ1n) is 9.12. The van der Waals surface area contributed by atoms with E-state index in [2.05, 4.69) is 15.5 Å². The second-order valence-corrected chi connectivity index (χ2v) is 6.96. The summed E-state index contributed by atoms with van der Waals surface area (Å²) in [6.07, 6.45) is 4.89. The molecule has 0 unspecified atom stereocenters. The van der Waals surface area contributed by atoms with E-state index in [1.165, 1.54) is 21.6 Å². The predicted octanol–water partition coefficient (Wildman–Crippen LogP) is 2.24. The number of tetrazole rings is 1. The lowest BCUT2D eigenvalue weighted by atomic mass is 9.92. The maximum absolute atomic E-state index is 14.3. The fourth-order valence-corrected chi connectivity index (χ4v) is 3.66. The van der Waals surface area contributed by atoms with Crippen LogP contribution in [0.15, 0.2) is 72.0 Å². The normalized spacial score (nSPS) is 19.2. The monoisotopic (exact) mass is 392 g/mol. The van der Waals surface area contributed by atoms with Crippen molar-refractivity contribution in [2.24, 2.45) is 0 Å². The van der Waals surface area contributed by atoms with E-state index in [4.69, 9.17) is 4.74 Å². The Bertz CT molecular complexity index is 1210. The van der Waals surface area contributed by atoms with Crippen molar-refractivity contribution in [3.05, 3.63) is 89.1 Å². The van der Waals surface area contributed by atoms with Gasteiger partial charge in [0.25, 0.3) is 0 Å². The average Bonchev–Trinajstić information content (AvgIpc) is 3.18. The Morgan fingerprint density at radius 2 is 1.83 bits per heavy atom. The first kappa shape index (κ1) is 17.5. The molecular formula is C20H17FN6O2. The van der Waals surface area contributed by atoms with Crippen LogP contribution in [-0.2, 0) is 10.3 Å². The van der Waals surface area contributed by atoms with E-state index in [0.29, 0.717) is 17.9 Å². The van der Waals surface area contributed by atoms with E-state index in [-0.39, 0.29) is 17.5 Å². The van der Waals surface area contributed by atoms with Crippen LogP contribution < -0.4 is 5.69 Å². The highest BCUT2D eigenvalue weighted by atomic mass is 19.1. The molecular weight excluding hydrogens is 375 g/mol. The van der Waals surface area contributed by atoms with Crippen molar-refractivity contribution in [2.45, 2.75) is 18.6 Å². The molecule has 2 aromatic heterocycles. The standard InChI is InChI=1S/C20H17FN6O2/c1-14(20(12-29-20)17-4-2-3-5-18(17)21)25-10-11-26(19(25)28)15-6-8-16(9-7-15)27-13-22-23-24-27/h2-11,13-14H,12H2,1H3/t14-,20+/m1/s1. The number of epoxide rings is 1. The Labute approximate surface area is 164 Å². The van der Waals surface area contributed by atoms with E-state index in [1.54, 1.807) is 35.2 Å². The third-order valence-electron chi connectivity index (χ3n) is 5.42.